The lowest BCUT2D eigenvalue weighted by Gasteiger charge is -2.28. The van der Waals surface area contributed by atoms with Crippen LogP contribution in [0.5, 0.6) is 5.75 Å². The Bertz CT molecular complexity index is 430. The number of phenolic OH excluding ortho intramolecular Hbond substituents is 1. The molecule has 105 valence electrons. The van der Waals surface area contributed by atoms with E-state index in [0.29, 0.717) is 11.5 Å². The molecule has 1 N–H and O–H groups in total. The third-order valence-electron chi connectivity index (χ3n) is 3.00. The van der Waals surface area contributed by atoms with E-state index in [2.05, 4.69) is 41.5 Å². The molecule has 0 heterocycles. The van der Waals surface area contributed by atoms with Crippen molar-refractivity contribution in [2.45, 2.75) is 57.3 Å². The molecule has 0 atom stereocenters. The highest BCUT2D eigenvalue weighted by Crippen LogP contribution is 2.41. The Balaban J connectivity index is 3.43. The molecular formula is C16H23O2S. The van der Waals surface area contributed by atoms with Gasteiger partial charge in [-0.2, -0.15) is 0 Å². The number of thioether (sulfide) groups is 1. The lowest BCUT2D eigenvalue weighted by atomic mass is 9.79. The number of phenols is 1. The van der Waals surface area contributed by atoms with Crippen LogP contribution in [0, 0.1) is 0 Å². The topological polar surface area (TPSA) is 37.3 Å². The fourth-order valence-corrected chi connectivity index (χ4v) is 2.58. The molecule has 0 aliphatic heterocycles. The molecule has 0 unspecified atom stereocenters. The van der Waals surface area contributed by atoms with Crippen LogP contribution in [0.2, 0.25) is 0 Å². The van der Waals surface area contributed by atoms with Gasteiger partial charge in [0, 0.05) is 16.0 Å². The maximum atomic E-state index is 10.5. The summed E-state index contributed by atoms with van der Waals surface area (Å²) < 4.78 is 0. The number of hydrogen-bond donors (Lipinski definition) is 1. The van der Waals surface area contributed by atoms with Crippen LogP contribution in [0.15, 0.2) is 17.0 Å². The van der Waals surface area contributed by atoms with Gasteiger partial charge in [0.1, 0.15) is 5.75 Å². The van der Waals surface area contributed by atoms with Crippen LogP contribution in [0.1, 0.15) is 52.7 Å². The SMILES string of the molecule is CC(C)(C)c1cc(SC[C]=O)cc(C(C)(C)C)c1O. The van der Waals surface area contributed by atoms with E-state index in [-0.39, 0.29) is 10.8 Å². The second kappa shape index (κ2) is 5.58. The van der Waals surface area contributed by atoms with E-state index < -0.39 is 0 Å². The van der Waals surface area contributed by atoms with Gasteiger partial charge in [0.15, 0.2) is 0 Å². The van der Waals surface area contributed by atoms with Gasteiger partial charge in [0.2, 0.25) is 6.29 Å². The molecular weight excluding hydrogens is 256 g/mol. The number of hydrogen-bond acceptors (Lipinski definition) is 3. The van der Waals surface area contributed by atoms with Crippen LogP contribution in [-0.4, -0.2) is 17.1 Å². The molecule has 0 aliphatic carbocycles. The van der Waals surface area contributed by atoms with Gasteiger partial charge < -0.3 is 5.11 Å². The van der Waals surface area contributed by atoms with E-state index in [1.807, 2.05) is 18.4 Å². The molecule has 0 bridgehead atoms. The maximum absolute atomic E-state index is 10.5. The minimum atomic E-state index is -0.133. The molecule has 19 heavy (non-hydrogen) atoms. The van der Waals surface area contributed by atoms with E-state index in [0.717, 1.165) is 16.0 Å². The zero-order valence-electron chi connectivity index (χ0n) is 12.6. The standard InChI is InChI=1S/C16H23O2S/c1-15(2,3)12-9-11(19-8-7-17)10-13(14(12)18)16(4,5)6/h9-10,18H,8H2,1-6H3. The van der Waals surface area contributed by atoms with Crippen LogP contribution in [0.4, 0.5) is 0 Å². The van der Waals surface area contributed by atoms with Crippen molar-refractivity contribution in [1.82, 2.24) is 0 Å². The molecule has 3 heteroatoms. The summed E-state index contributed by atoms with van der Waals surface area (Å²) >= 11 is 1.45. The first kappa shape index (κ1) is 16.1. The second-order valence-electron chi connectivity index (χ2n) is 6.80. The predicted molar refractivity (Wildman–Crippen MR) is 81.9 cm³/mol. The number of benzene rings is 1. The monoisotopic (exact) mass is 279 g/mol. The Labute approximate surface area is 120 Å². The molecule has 0 saturated carbocycles. The van der Waals surface area contributed by atoms with E-state index in [1.54, 1.807) is 0 Å². The van der Waals surface area contributed by atoms with Crippen molar-refractivity contribution in [1.29, 1.82) is 0 Å². The highest BCUT2D eigenvalue weighted by atomic mass is 32.2. The van der Waals surface area contributed by atoms with Gasteiger partial charge >= 0.3 is 0 Å². The first-order valence-corrected chi connectivity index (χ1v) is 7.41. The van der Waals surface area contributed by atoms with Gasteiger partial charge in [-0.3, -0.25) is 4.79 Å². The summed E-state index contributed by atoms with van der Waals surface area (Å²) in [5, 5.41) is 10.5. The highest BCUT2D eigenvalue weighted by molar-refractivity contribution is 7.99. The Morgan fingerprint density at radius 3 is 1.79 bits per heavy atom. The largest absolute Gasteiger partial charge is 0.507 e. The fourth-order valence-electron chi connectivity index (χ4n) is 1.95. The molecule has 1 aromatic rings. The molecule has 1 radical (unpaired) electrons. The Morgan fingerprint density at radius 1 is 1.05 bits per heavy atom. The average molecular weight is 279 g/mol. The lowest BCUT2D eigenvalue weighted by Crippen LogP contribution is -2.17. The molecule has 2 nitrogen and oxygen atoms in total. The zero-order chi connectivity index (χ0) is 14.8. The third-order valence-corrected chi connectivity index (χ3v) is 3.83. The van der Waals surface area contributed by atoms with Crippen molar-refractivity contribution in [2.75, 3.05) is 5.75 Å². The molecule has 0 saturated heterocycles. The molecule has 1 rings (SSSR count). The summed E-state index contributed by atoms with van der Waals surface area (Å²) in [7, 11) is 0. The fraction of sp³-hybridized carbons (Fsp3) is 0.562. The summed E-state index contributed by atoms with van der Waals surface area (Å²) in [6, 6.07) is 3.96. The summed E-state index contributed by atoms with van der Waals surface area (Å²) in [5.74, 6) is 0.692. The Hall–Kier alpha value is -0.960. The third kappa shape index (κ3) is 4.00. The van der Waals surface area contributed by atoms with Gasteiger partial charge in [0.05, 0.1) is 5.75 Å². The van der Waals surface area contributed by atoms with Gasteiger partial charge in [-0.15, -0.1) is 11.8 Å². The first-order chi connectivity index (χ1) is 8.57. The number of carbonyl (C=O) groups excluding carboxylic acids is 1. The van der Waals surface area contributed by atoms with Crippen LogP contribution in [-0.2, 0) is 15.6 Å². The Morgan fingerprint density at radius 2 is 1.47 bits per heavy atom. The molecule has 0 aliphatic rings. The predicted octanol–water partition coefficient (Wildman–Crippen LogP) is 4.19. The Kier molecular flexibility index (Phi) is 4.72. The normalized spacial score (nSPS) is 12.5. The molecule has 0 aromatic heterocycles. The first-order valence-electron chi connectivity index (χ1n) is 6.43. The summed E-state index contributed by atoms with van der Waals surface area (Å²) in [6.45, 7) is 12.5. The van der Waals surface area contributed by atoms with Gasteiger partial charge in [0.25, 0.3) is 0 Å². The van der Waals surface area contributed by atoms with Crippen molar-refractivity contribution in [3.63, 3.8) is 0 Å². The molecule has 0 amide bonds. The molecule has 0 spiro atoms. The molecule has 0 fully saturated rings. The van der Waals surface area contributed by atoms with E-state index in [4.69, 9.17) is 0 Å². The average Bonchev–Trinajstić information content (AvgIpc) is 2.24. The zero-order valence-corrected chi connectivity index (χ0v) is 13.4. The van der Waals surface area contributed by atoms with Crippen LogP contribution in [0.25, 0.3) is 0 Å². The van der Waals surface area contributed by atoms with Crippen LogP contribution < -0.4 is 0 Å². The van der Waals surface area contributed by atoms with Crippen LogP contribution >= 0.6 is 11.8 Å². The smallest absolute Gasteiger partial charge is 0.209 e. The van der Waals surface area contributed by atoms with E-state index in [9.17, 15) is 9.90 Å². The summed E-state index contributed by atoms with van der Waals surface area (Å²) in [5.41, 5.74) is 1.58. The van der Waals surface area contributed by atoms with E-state index >= 15 is 0 Å². The van der Waals surface area contributed by atoms with Crippen molar-refractivity contribution in [3.8, 4) is 5.75 Å². The minimum absolute atomic E-state index is 0.133. The van der Waals surface area contributed by atoms with E-state index in [1.165, 1.54) is 11.8 Å². The van der Waals surface area contributed by atoms with Crippen molar-refractivity contribution in [2.24, 2.45) is 0 Å². The number of aromatic hydroxyl groups is 1. The quantitative estimate of drug-likeness (QED) is 0.843. The van der Waals surface area contributed by atoms with Crippen molar-refractivity contribution < 1.29 is 9.90 Å². The summed E-state index contributed by atoms with van der Waals surface area (Å²) in [6.07, 6.45) is 1.90. The van der Waals surface area contributed by atoms with Crippen molar-refractivity contribution >= 4 is 18.0 Å². The van der Waals surface area contributed by atoms with Gasteiger partial charge in [-0.05, 0) is 23.0 Å². The van der Waals surface area contributed by atoms with Crippen molar-refractivity contribution in [3.05, 3.63) is 23.3 Å². The maximum Gasteiger partial charge on any atom is 0.209 e. The number of rotatable bonds is 3. The highest BCUT2D eigenvalue weighted by Gasteiger charge is 2.26. The summed E-state index contributed by atoms with van der Waals surface area (Å²) in [4.78, 5) is 11.4. The van der Waals surface area contributed by atoms with Crippen LogP contribution in [0.3, 0.4) is 0 Å². The van der Waals surface area contributed by atoms with Gasteiger partial charge in [-0.1, -0.05) is 41.5 Å². The lowest BCUT2D eigenvalue weighted by molar-refractivity contribution is 0.422. The molecule has 1 aromatic carbocycles. The minimum Gasteiger partial charge on any atom is -0.507 e. The van der Waals surface area contributed by atoms with Gasteiger partial charge in [-0.25, -0.2) is 0 Å². The second-order valence-corrected chi connectivity index (χ2v) is 7.85.